The summed E-state index contributed by atoms with van der Waals surface area (Å²) in [5.41, 5.74) is 2.19. The summed E-state index contributed by atoms with van der Waals surface area (Å²) in [5.74, 6) is 1.67. The first kappa shape index (κ1) is 16.9. The fourth-order valence-electron chi connectivity index (χ4n) is 2.28. The Hall–Kier alpha value is -1.49. The number of benzene rings is 1. The van der Waals surface area contributed by atoms with E-state index in [4.69, 9.17) is 0 Å². The maximum atomic E-state index is 11.8. The maximum absolute atomic E-state index is 11.8. The van der Waals surface area contributed by atoms with Crippen LogP contribution in [0.1, 0.15) is 33.0 Å². The van der Waals surface area contributed by atoms with Crippen molar-refractivity contribution in [3.8, 4) is 0 Å². The van der Waals surface area contributed by atoms with Crippen LogP contribution in [0.15, 0.2) is 24.3 Å². The molecule has 0 saturated heterocycles. The molecule has 0 atom stereocenters. The summed E-state index contributed by atoms with van der Waals surface area (Å²) < 4.78 is 2.34. The monoisotopic (exact) mass is 319 g/mol. The predicted octanol–water partition coefficient (Wildman–Crippen LogP) is 3.38. The van der Waals surface area contributed by atoms with Crippen LogP contribution >= 0.6 is 11.8 Å². The molecular weight excluding hydrogens is 294 g/mol. The van der Waals surface area contributed by atoms with Gasteiger partial charge in [-0.25, -0.2) is 4.98 Å². The topological polar surface area (TPSA) is 46.9 Å². The Labute approximate surface area is 136 Å². The zero-order valence-electron chi connectivity index (χ0n) is 13.8. The number of aryl methyl sites for hydroxylation is 2. The van der Waals surface area contributed by atoms with E-state index in [1.165, 1.54) is 0 Å². The van der Waals surface area contributed by atoms with Crippen molar-refractivity contribution in [3.63, 3.8) is 0 Å². The Balaban J connectivity index is 1.79. The highest BCUT2D eigenvalue weighted by atomic mass is 32.2. The average molecular weight is 319 g/mol. The fourth-order valence-corrected chi connectivity index (χ4v) is 2.94. The molecule has 0 aliphatic carbocycles. The number of imidazole rings is 1. The minimum atomic E-state index is 0.118. The van der Waals surface area contributed by atoms with Crippen molar-refractivity contribution in [2.24, 2.45) is 0 Å². The van der Waals surface area contributed by atoms with Gasteiger partial charge in [-0.05, 0) is 25.5 Å². The molecule has 0 unspecified atom stereocenters. The Bertz CT molecular complexity index is 643. The van der Waals surface area contributed by atoms with E-state index >= 15 is 0 Å². The van der Waals surface area contributed by atoms with Crippen molar-refractivity contribution in [1.29, 1.82) is 0 Å². The van der Waals surface area contributed by atoms with E-state index in [-0.39, 0.29) is 10.7 Å². The van der Waals surface area contributed by atoms with Crippen molar-refractivity contribution < 1.29 is 4.79 Å². The van der Waals surface area contributed by atoms with Crippen LogP contribution in [0.3, 0.4) is 0 Å². The van der Waals surface area contributed by atoms with E-state index in [0.29, 0.717) is 12.3 Å². The van der Waals surface area contributed by atoms with Gasteiger partial charge in [-0.1, -0.05) is 32.9 Å². The van der Waals surface area contributed by atoms with Gasteiger partial charge >= 0.3 is 0 Å². The summed E-state index contributed by atoms with van der Waals surface area (Å²) in [4.78, 5) is 16.3. The van der Waals surface area contributed by atoms with E-state index in [0.717, 1.165) is 29.8 Å². The molecule has 0 fully saturated rings. The van der Waals surface area contributed by atoms with E-state index in [1.54, 1.807) is 11.8 Å². The second-order valence-electron chi connectivity index (χ2n) is 6.40. The molecule has 1 aromatic carbocycles. The standard InChI is InChI=1S/C17H25N3OS/c1-13-19-14-8-5-6-9-15(14)20(13)11-7-10-18-16(21)12-22-17(2,3)4/h5-6,8-9H,7,10-12H2,1-4H3,(H,18,21). The molecule has 4 nitrogen and oxygen atoms in total. The summed E-state index contributed by atoms with van der Waals surface area (Å²) in [6, 6.07) is 8.16. The lowest BCUT2D eigenvalue weighted by Gasteiger charge is -2.17. The first-order chi connectivity index (χ1) is 10.4. The lowest BCUT2D eigenvalue weighted by Crippen LogP contribution is -2.28. The number of amides is 1. The van der Waals surface area contributed by atoms with Gasteiger partial charge in [-0.15, -0.1) is 11.8 Å². The van der Waals surface area contributed by atoms with Gasteiger partial charge in [0.05, 0.1) is 16.8 Å². The number of carbonyl (C=O) groups excluding carboxylic acids is 1. The molecule has 120 valence electrons. The summed E-state index contributed by atoms with van der Waals surface area (Å²) in [5, 5.41) is 2.99. The van der Waals surface area contributed by atoms with E-state index in [1.807, 2.05) is 25.1 Å². The van der Waals surface area contributed by atoms with Crippen LogP contribution in [0.25, 0.3) is 11.0 Å². The molecule has 5 heteroatoms. The van der Waals surface area contributed by atoms with Crippen molar-refractivity contribution in [3.05, 3.63) is 30.1 Å². The largest absolute Gasteiger partial charge is 0.355 e. The van der Waals surface area contributed by atoms with E-state index in [9.17, 15) is 4.79 Å². The third kappa shape index (κ3) is 4.77. The van der Waals surface area contributed by atoms with Crippen molar-refractivity contribution in [1.82, 2.24) is 14.9 Å². The third-order valence-corrected chi connectivity index (χ3v) is 4.63. The number of nitrogens with one attached hydrogen (secondary N) is 1. The SMILES string of the molecule is Cc1nc2ccccc2n1CCCNC(=O)CSC(C)(C)C. The molecule has 0 aliphatic rings. The van der Waals surface area contributed by atoms with Crippen LogP contribution in [0.4, 0.5) is 0 Å². The number of thioether (sulfide) groups is 1. The Morgan fingerprint density at radius 1 is 1.32 bits per heavy atom. The number of hydrogen-bond donors (Lipinski definition) is 1. The van der Waals surface area contributed by atoms with E-state index < -0.39 is 0 Å². The molecule has 1 aromatic heterocycles. The molecule has 1 heterocycles. The zero-order valence-corrected chi connectivity index (χ0v) is 14.7. The van der Waals surface area contributed by atoms with Crippen LogP contribution in [0.2, 0.25) is 0 Å². The highest BCUT2D eigenvalue weighted by molar-refractivity contribution is 8.01. The quantitative estimate of drug-likeness (QED) is 0.830. The Morgan fingerprint density at radius 3 is 2.77 bits per heavy atom. The number of nitrogens with zero attached hydrogens (tertiary/aromatic N) is 2. The number of aromatic nitrogens is 2. The van der Waals surface area contributed by atoms with Crippen molar-refractivity contribution >= 4 is 28.7 Å². The molecule has 0 bridgehead atoms. The van der Waals surface area contributed by atoms with Gasteiger partial charge in [0.15, 0.2) is 0 Å². The second kappa shape index (κ2) is 7.18. The van der Waals surface area contributed by atoms with Crippen LogP contribution in [0.5, 0.6) is 0 Å². The molecule has 2 rings (SSSR count). The molecule has 0 aliphatic heterocycles. The molecule has 1 amide bonds. The minimum Gasteiger partial charge on any atom is -0.355 e. The Kier molecular flexibility index (Phi) is 5.51. The van der Waals surface area contributed by atoms with Gasteiger partial charge in [0.1, 0.15) is 5.82 Å². The third-order valence-electron chi connectivity index (χ3n) is 3.36. The summed E-state index contributed by atoms with van der Waals surface area (Å²) in [6.45, 7) is 9.97. The number of hydrogen-bond acceptors (Lipinski definition) is 3. The van der Waals surface area contributed by atoms with Crippen LogP contribution in [-0.2, 0) is 11.3 Å². The van der Waals surface area contributed by atoms with Gasteiger partial charge in [0.25, 0.3) is 0 Å². The van der Waals surface area contributed by atoms with Crippen LogP contribution < -0.4 is 5.32 Å². The predicted molar refractivity (Wildman–Crippen MR) is 94.3 cm³/mol. The minimum absolute atomic E-state index is 0.118. The number of rotatable bonds is 6. The second-order valence-corrected chi connectivity index (χ2v) is 8.21. The fraction of sp³-hybridized carbons (Fsp3) is 0.529. The number of para-hydroxylation sites is 2. The first-order valence-electron chi connectivity index (χ1n) is 7.69. The van der Waals surface area contributed by atoms with Gasteiger partial charge in [0.2, 0.25) is 5.91 Å². The Morgan fingerprint density at radius 2 is 2.05 bits per heavy atom. The number of carbonyl (C=O) groups is 1. The lowest BCUT2D eigenvalue weighted by atomic mass is 10.3. The summed E-state index contributed by atoms with van der Waals surface area (Å²) in [6.07, 6.45) is 0.910. The average Bonchev–Trinajstić information content (AvgIpc) is 2.76. The smallest absolute Gasteiger partial charge is 0.230 e. The number of fused-ring (bicyclic) bond motifs is 1. The molecule has 1 N–H and O–H groups in total. The van der Waals surface area contributed by atoms with Gasteiger partial charge in [-0.2, -0.15) is 0 Å². The molecule has 2 aromatic rings. The highest BCUT2D eigenvalue weighted by Crippen LogP contribution is 2.22. The normalized spacial score (nSPS) is 11.8. The van der Waals surface area contributed by atoms with Crippen LogP contribution in [0, 0.1) is 6.92 Å². The lowest BCUT2D eigenvalue weighted by molar-refractivity contribution is -0.118. The molecule has 0 radical (unpaired) electrons. The molecule has 0 spiro atoms. The maximum Gasteiger partial charge on any atom is 0.230 e. The van der Waals surface area contributed by atoms with Crippen LogP contribution in [-0.4, -0.2) is 32.5 Å². The zero-order chi connectivity index (χ0) is 16.2. The van der Waals surface area contributed by atoms with Crippen molar-refractivity contribution in [2.45, 2.75) is 45.4 Å². The molecule has 0 saturated carbocycles. The van der Waals surface area contributed by atoms with Gasteiger partial charge in [0, 0.05) is 17.8 Å². The van der Waals surface area contributed by atoms with E-state index in [2.05, 4.69) is 41.7 Å². The molecular formula is C17H25N3OS. The van der Waals surface area contributed by atoms with Crippen molar-refractivity contribution in [2.75, 3.05) is 12.3 Å². The summed E-state index contributed by atoms with van der Waals surface area (Å²) >= 11 is 1.67. The summed E-state index contributed by atoms with van der Waals surface area (Å²) in [7, 11) is 0. The van der Waals surface area contributed by atoms with Gasteiger partial charge in [-0.3, -0.25) is 4.79 Å². The highest BCUT2D eigenvalue weighted by Gasteiger charge is 2.13. The molecule has 22 heavy (non-hydrogen) atoms. The van der Waals surface area contributed by atoms with Gasteiger partial charge < -0.3 is 9.88 Å². The first-order valence-corrected chi connectivity index (χ1v) is 8.68.